The summed E-state index contributed by atoms with van der Waals surface area (Å²) in [6.07, 6.45) is -0.0516. The molecular formula is C25H37BFN3O7. The number of nitrogens with zero attached hydrogens (tertiary/aromatic N) is 1. The Morgan fingerprint density at radius 3 is 2.41 bits per heavy atom. The van der Waals surface area contributed by atoms with Gasteiger partial charge in [0, 0.05) is 13.0 Å². The Morgan fingerprint density at radius 2 is 1.84 bits per heavy atom. The Morgan fingerprint density at radius 1 is 1.22 bits per heavy atom. The Bertz CT molecular complexity index is 1030. The van der Waals surface area contributed by atoms with Crippen LogP contribution < -0.4 is 16.2 Å². The first-order valence-corrected chi connectivity index (χ1v) is 12.4. The first kappa shape index (κ1) is 28.9. The van der Waals surface area contributed by atoms with Gasteiger partial charge in [0.05, 0.1) is 11.2 Å². The quantitative estimate of drug-likeness (QED) is 0.487. The maximum Gasteiger partial charge on any atom is 0.494 e. The van der Waals surface area contributed by atoms with Crippen LogP contribution in [0.4, 0.5) is 9.18 Å². The van der Waals surface area contributed by atoms with E-state index < -0.39 is 59.8 Å². The van der Waals surface area contributed by atoms with E-state index in [9.17, 15) is 23.9 Å². The molecule has 1 aromatic rings. The van der Waals surface area contributed by atoms with Crippen LogP contribution in [0.5, 0.6) is 0 Å². The molecule has 2 saturated heterocycles. The molecule has 2 aliphatic rings. The molecule has 0 aliphatic carbocycles. The van der Waals surface area contributed by atoms with Gasteiger partial charge in [-0.25, -0.2) is 14.6 Å². The van der Waals surface area contributed by atoms with E-state index >= 15 is 0 Å². The fourth-order valence-electron chi connectivity index (χ4n) is 4.11. The number of amides is 2. The van der Waals surface area contributed by atoms with Crippen molar-refractivity contribution in [1.29, 1.82) is 0 Å². The second-order valence-electron chi connectivity index (χ2n) is 11.5. The third-order valence-corrected chi connectivity index (χ3v) is 6.68. The molecule has 2 amide bonds. The average molecular weight is 521 g/mol. The van der Waals surface area contributed by atoms with Crippen molar-refractivity contribution >= 4 is 30.6 Å². The zero-order valence-electron chi connectivity index (χ0n) is 22.5. The third-order valence-electron chi connectivity index (χ3n) is 6.68. The summed E-state index contributed by atoms with van der Waals surface area (Å²) in [5.41, 5.74) is 1.52. The van der Waals surface area contributed by atoms with Gasteiger partial charge in [0.25, 0.3) is 5.91 Å². The molecule has 37 heavy (non-hydrogen) atoms. The molecule has 2 atom stereocenters. The number of carboxylic acids is 1. The van der Waals surface area contributed by atoms with Gasteiger partial charge in [-0.3, -0.25) is 14.6 Å². The van der Waals surface area contributed by atoms with E-state index in [1.54, 1.807) is 26.8 Å². The molecule has 2 fully saturated rings. The van der Waals surface area contributed by atoms with Crippen molar-refractivity contribution in [2.75, 3.05) is 6.54 Å². The maximum absolute atomic E-state index is 14.7. The number of hydrogen-bond donors (Lipinski definition) is 3. The molecular weight excluding hydrogens is 484 g/mol. The van der Waals surface area contributed by atoms with E-state index in [0.717, 1.165) is 0 Å². The molecule has 10 nitrogen and oxygen atoms in total. The number of hydrazine groups is 1. The molecule has 204 valence electrons. The van der Waals surface area contributed by atoms with Crippen LogP contribution in [0.25, 0.3) is 0 Å². The van der Waals surface area contributed by atoms with Crippen molar-refractivity contribution in [3.8, 4) is 0 Å². The summed E-state index contributed by atoms with van der Waals surface area (Å²) >= 11 is 0. The number of halogens is 1. The first-order chi connectivity index (χ1) is 17.0. The van der Waals surface area contributed by atoms with Crippen LogP contribution in [-0.4, -0.2) is 70.6 Å². The summed E-state index contributed by atoms with van der Waals surface area (Å²) in [4.78, 5) is 37.5. The van der Waals surface area contributed by atoms with Gasteiger partial charge in [0.1, 0.15) is 23.5 Å². The number of carboxylic acid groups (broad SMARTS) is 1. The monoisotopic (exact) mass is 521 g/mol. The molecule has 0 saturated carbocycles. The van der Waals surface area contributed by atoms with Gasteiger partial charge >= 0.3 is 19.2 Å². The Balaban J connectivity index is 1.86. The van der Waals surface area contributed by atoms with E-state index in [4.69, 9.17) is 14.0 Å². The summed E-state index contributed by atoms with van der Waals surface area (Å²) in [6.45, 7) is 12.9. The molecule has 0 radical (unpaired) electrons. The van der Waals surface area contributed by atoms with E-state index in [0.29, 0.717) is 23.9 Å². The smallest absolute Gasteiger partial charge is 0.480 e. The number of aliphatic carboxylic acids is 1. The number of alkyl carbamates (subject to hydrolysis) is 1. The zero-order chi connectivity index (χ0) is 27.8. The van der Waals surface area contributed by atoms with Crippen LogP contribution in [0.3, 0.4) is 0 Å². The molecule has 0 unspecified atom stereocenters. The highest BCUT2D eigenvalue weighted by molar-refractivity contribution is 6.62. The summed E-state index contributed by atoms with van der Waals surface area (Å²) < 4.78 is 32.1. The lowest BCUT2D eigenvalue weighted by Crippen LogP contribution is -2.60. The molecule has 0 spiro atoms. The largest absolute Gasteiger partial charge is 0.494 e. The highest BCUT2D eigenvalue weighted by atomic mass is 19.1. The van der Waals surface area contributed by atoms with Crippen LogP contribution in [0.1, 0.15) is 66.9 Å². The summed E-state index contributed by atoms with van der Waals surface area (Å²) in [6, 6.07) is 2.18. The van der Waals surface area contributed by atoms with Crippen LogP contribution in [0, 0.1) is 5.82 Å². The zero-order valence-corrected chi connectivity index (χ0v) is 22.5. The SMILES string of the molecule is CC(C)(C)OC(=O)N[C@@H](Cc1cc(F)cc(B2OC(C)(C)C(C)(C)O2)c1)C(=O)N1CCC[C@@H](C(=O)O)N1. The van der Waals surface area contributed by atoms with Gasteiger partial charge in [-0.2, -0.15) is 0 Å². The lowest BCUT2D eigenvalue weighted by Gasteiger charge is -2.34. The minimum absolute atomic E-state index is 0.0712. The highest BCUT2D eigenvalue weighted by Gasteiger charge is 2.51. The van der Waals surface area contributed by atoms with Gasteiger partial charge in [-0.05, 0) is 84.5 Å². The third kappa shape index (κ3) is 7.21. The number of carbonyl (C=O) groups excluding carboxylic acids is 2. The molecule has 0 bridgehead atoms. The Labute approximate surface area is 217 Å². The van der Waals surface area contributed by atoms with Crippen LogP contribution in [0.15, 0.2) is 18.2 Å². The van der Waals surface area contributed by atoms with E-state index in [2.05, 4.69) is 10.7 Å². The second kappa shape index (κ2) is 10.6. The fourth-order valence-corrected chi connectivity index (χ4v) is 4.11. The Kier molecular flexibility index (Phi) is 8.26. The number of rotatable bonds is 6. The van der Waals surface area contributed by atoms with Gasteiger partial charge in [-0.15, -0.1) is 0 Å². The van der Waals surface area contributed by atoms with Gasteiger partial charge in [0.2, 0.25) is 0 Å². The van der Waals surface area contributed by atoms with Crippen LogP contribution >= 0.6 is 0 Å². The Hall–Kier alpha value is -2.70. The summed E-state index contributed by atoms with van der Waals surface area (Å²) in [5, 5.41) is 13.1. The van der Waals surface area contributed by atoms with E-state index in [-0.39, 0.29) is 13.0 Å². The van der Waals surface area contributed by atoms with Crippen molar-refractivity contribution in [1.82, 2.24) is 15.8 Å². The van der Waals surface area contributed by atoms with E-state index in [1.807, 2.05) is 27.7 Å². The van der Waals surface area contributed by atoms with Gasteiger partial charge < -0.3 is 24.5 Å². The molecule has 12 heteroatoms. The number of benzene rings is 1. The lowest BCUT2D eigenvalue weighted by molar-refractivity contribution is -0.147. The molecule has 0 aromatic heterocycles. The standard InChI is InChI=1S/C25H37BFN3O7/c1-23(2,3)35-22(34)28-19(20(31)30-10-8-9-18(29-30)21(32)33)13-15-11-16(14-17(27)12-15)26-36-24(4,5)25(6,7)37-26/h11-12,14,18-19,29H,8-10,13H2,1-7H3,(H,28,34)(H,32,33)/t18-,19-/m0/s1. The normalized spacial score (nSPS) is 21.9. The van der Waals surface area contributed by atoms with Crippen LogP contribution in [0.2, 0.25) is 0 Å². The topological polar surface area (TPSA) is 126 Å². The molecule has 2 heterocycles. The number of hydrogen-bond acceptors (Lipinski definition) is 7. The maximum atomic E-state index is 14.7. The van der Waals surface area contributed by atoms with Crippen molar-refractivity contribution in [3.63, 3.8) is 0 Å². The van der Waals surface area contributed by atoms with Crippen molar-refractivity contribution < 1.29 is 37.9 Å². The number of carbonyl (C=O) groups is 3. The number of nitrogens with one attached hydrogen (secondary N) is 2. The molecule has 1 aromatic carbocycles. The summed E-state index contributed by atoms with van der Waals surface area (Å²) in [5.74, 6) is -2.18. The van der Waals surface area contributed by atoms with E-state index in [1.165, 1.54) is 17.1 Å². The minimum Gasteiger partial charge on any atom is -0.480 e. The summed E-state index contributed by atoms with van der Waals surface area (Å²) in [7, 11) is -0.812. The van der Waals surface area contributed by atoms with Crippen molar-refractivity contribution in [2.24, 2.45) is 0 Å². The van der Waals surface area contributed by atoms with Gasteiger partial charge in [0.15, 0.2) is 0 Å². The van der Waals surface area contributed by atoms with Gasteiger partial charge in [-0.1, -0.05) is 6.07 Å². The first-order valence-electron chi connectivity index (χ1n) is 12.4. The van der Waals surface area contributed by atoms with Crippen molar-refractivity contribution in [2.45, 2.75) is 96.6 Å². The second-order valence-corrected chi connectivity index (χ2v) is 11.5. The fraction of sp³-hybridized carbons (Fsp3) is 0.640. The lowest BCUT2D eigenvalue weighted by atomic mass is 9.78. The average Bonchev–Trinajstić information content (AvgIpc) is 2.98. The molecule has 3 rings (SSSR count). The minimum atomic E-state index is -1.15. The highest BCUT2D eigenvalue weighted by Crippen LogP contribution is 2.36. The number of ether oxygens (including phenoxy) is 1. The van der Waals surface area contributed by atoms with Crippen molar-refractivity contribution in [3.05, 3.63) is 29.6 Å². The predicted molar refractivity (Wildman–Crippen MR) is 134 cm³/mol. The molecule has 3 N–H and O–H groups in total. The predicted octanol–water partition coefficient (Wildman–Crippen LogP) is 2.14. The molecule has 2 aliphatic heterocycles. The van der Waals surface area contributed by atoms with Crippen LogP contribution in [-0.2, 0) is 30.1 Å².